The van der Waals surface area contributed by atoms with Crippen molar-refractivity contribution in [1.82, 2.24) is 4.72 Å². The summed E-state index contributed by atoms with van der Waals surface area (Å²) in [5.74, 6) is 0. The third-order valence-electron chi connectivity index (χ3n) is 3.97. The molecule has 1 saturated heterocycles. The van der Waals surface area contributed by atoms with E-state index < -0.39 is 10.0 Å². The number of rotatable bonds is 5. The van der Waals surface area contributed by atoms with Gasteiger partial charge in [0.15, 0.2) is 0 Å². The van der Waals surface area contributed by atoms with E-state index >= 15 is 0 Å². The van der Waals surface area contributed by atoms with Crippen molar-refractivity contribution >= 4 is 15.7 Å². The van der Waals surface area contributed by atoms with Gasteiger partial charge >= 0.3 is 0 Å². The van der Waals surface area contributed by atoms with Crippen LogP contribution in [0.5, 0.6) is 0 Å². The number of sulfonamides is 1. The Labute approximate surface area is 119 Å². The molecule has 0 aromatic heterocycles. The molecule has 1 saturated carbocycles. The fourth-order valence-corrected chi connectivity index (χ4v) is 3.98. The Bertz CT molecular complexity index is 567. The Morgan fingerprint density at radius 1 is 1.20 bits per heavy atom. The molecule has 2 fully saturated rings. The molecule has 1 aliphatic heterocycles. The molecular formula is C14H20N2O3S. The van der Waals surface area contributed by atoms with Gasteiger partial charge in [0.05, 0.1) is 17.5 Å². The van der Waals surface area contributed by atoms with Gasteiger partial charge in [0.2, 0.25) is 10.0 Å². The third kappa shape index (κ3) is 2.82. The highest BCUT2D eigenvalue weighted by Crippen LogP contribution is 2.27. The molecule has 1 aromatic rings. The fourth-order valence-electron chi connectivity index (χ4n) is 2.67. The molecule has 3 rings (SSSR count). The monoisotopic (exact) mass is 296 g/mol. The van der Waals surface area contributed by atoms with Crippen LogP contribution in [0.3, 0.4) is 0 Å². The standard InChI is InChI=1S/C14H20N2O3S/c17-10-13-2-1-9-16(13)12-5-7-14(8-6-12)20(18,19)15-11-3-4-11/h5-8,11,13,15,17H,1-4,9-10H2. The predicted molar refractivity (Wildman–Crippen MR) is 77.2 cm³/mol. The summed E-state index contributed by atoms with van der Waals surface area (Å²) in [7, 11) is -3.37. The van der Waals surface area contributed by atoms with E-state index in [1.807, 2.05) is 12.1 Å². The van der Waals surface area contributed by atoms with Crippen molar-refractivity contribution in [3.63, 3.8) is 0 Å². The van der Waals surface area contributed by atoms with Crippen LogP contribution in [0.15, 0.2) is 29.2 Å². The van der Waals surface area contributed by atoms with Crippen LogP contribution in [0.4, 0.5) is 5.69 Å². The second kappa shape index (κ2) is 5.35. The van der Waals surface area contributed by atoms with Crippen LogP contribution < -0.4 is 9.62 Å². The van der Waals surface area contributed by atoms with Crippen molar-refractivity contribution < 1.29 is 13.5 Å². The molecular weight excluding hydrogens is 276 g/mol. The lowest BCUT2D eigenvalue weighted by atomic mass is 10.2. The van der Waals surface area contributed by atoms with Crippen LogP contribution in [0.25, 0.3) is 0 Å². The number of benzene rings is 1. The third-order valence-corrected chi connectivity index (χ3v) is 5.50. The highest BCUT2D eigenvalue weighted by Gasteiger charge is 2.28. The number of hydrogen-bond acceptors (Lipinski definition) is 4. The minimum absolute atomic E-state index is 0.122. The summed E-state index contributed by atoms with van der Waals surface area (Å²) in [5, 5.41) is 9.34. The van der Waals surface area contributed by atoms with Gasteiger partial charge in [-0.1, -0.05) is 0 Å². The molecule has 1 unspecified atom stereocenters. The zero-order chi connectivity index (χ0) is 14.2. The van der Waals surface area contributed by atoms with E-state index in [4.69, 9.17) is 0 Å². The lowest BCUT2D eigenvalue weighted by Crippen LogP contribution is -2.32. The van der Waals surface area contributed by atoms with Crippen LogP contribution >= 0.6 is 0 Å². The van der Waals surface area contributed by atoms with E-state index in [9.17, 15) is 13.5 Å². The molecule has 2 N–H and O–H groups in total. The van der Waals surface area contributed by atoms with Crippen molar-refractivity contribution in [3.05, 3.63) is 24.3 Å². The fraction of sp³-hybridized carbons (Fsp3) is 0.571. The van der Waals surface area contributed by atoms with Gasteiger partial charge in [-0.15, -0.1) is 0 Å². The second-order valence-electron chi connectivity index (χ2n) is 5.56. The van der Waals surface area contributed by atoms with Gasteiger partial charge in [-0.25, -0.2) is 13.1 Å². The first-order chi connectivity index (χ1) is 9.60. The minimum atomic E-state index is -3.37. The maximum Gasteiger partial charge on any atom is 0.240 e. The van der Waals surface area contributed by atoms with Crippen LogP contribution in [-0.4, -0.2) is 38.8 Å². The van der Waals surface area contributed by atoms with Crippen molar-refractivity contribution in [1.29, 1.82) is 0 Å². The quantitative estimate of drug-likeness (QED) is 0.853. The Hall–Kier alpha value is -1.11. The molecule has 1 aliphatic carbocycles. The molecule has 0 spiro atoms. The average molecular weight is 296 g/mol. The van der Waals surface area contributed by atoms with E-state index in [2.05, 4.69) is 9.62 Å². The van der Waals surface area contributed by atoms with Crippen molar-refractivity contribution in [2.24, 2.45) is 0 Å². The van der Waals surface area contributed by atoms with Gasteiger partial charge in [-0.3, -0.25) is 0 Å². The summed E-state index contributed by atoms with van der Waals surface area (Å²) in [4.78, 5) is 2.46. The van der Waals surface area contributed by atoms with Gasteiger partial charge in [-0.2, -0.15) is 0 Å². The molecule has 0 bridgehead atoms. The molecule has 0 radical (unpaired) electrons. The normalized spacial score (nSPS) is 23.2. The molecule has 1 heterocycles. The summed E-state index contributed by atoms with van der Waals surface area (Å²) in [6.45, 7) is 1.06. The Morgan fingerprint density at radius 2 is 1.90 bits per heavy atom. The van der Waals surface area contributed by atoms with Gasteiger partial charge < -0.3 is 10.0 Å². The lowest BCUT2D eigenvalue weighted by Gasteiger charge is -2.25. The summed E-state index contributed by atoms with van der Waals surface area (Å²) < 4.78 is 26.8. The smallest absolute Gasteiger partial charge is 0.240 e. The first-order valence-corrected chi connectivity index (χ1v) is 8.58. The average Bonchev–Trinajstić information content (AvgIpc) is 3.11. The zero-order valence-corrected chi connectivity index (χ0v) is 12.1. The lowest BCUT2D eigenvalue weighted by molar-refractivity contribution is 0.266. The molecule has 110 valence electrons. The summed E-state index contributed by atoms with van der Waals surface area (Å²) in [6.07, 6.45) is 3.92. The number of hydrogen-bond donors (Lipinski definition) is 2. The second-order valence-corrected chi connectivity index (χ2v) is 7.28. The van der Waals surface area contributed by atoms with E-state index in [1.165, 1.54) is 0 Å². The van der Waals surface area contributed by atoms with Crippen LogP contribution in [0, 0.1) is 0 Å². The summed E-state index contributed by atoms with van der Waals surface area (Å²) in [6, 6.07) is 7.23. The predicted octanol–water partition coefficient (Wildman–Crippen LogP) is 1.09. The number of nitrogens with one attached hydrogen (secondary N) is 1. The van der Waals surface area contributed by atoms with Gasteiger partial charge in [0.1, 0.15) is 0 Å². The first-order valence-electron chi connectivity index (χ1n) is 7.10. The number of aliphatic hydroxyl groups is 1. The Balaban J connectivity index is 1.77. The highest BCUT2D eigenvalue weighted by molar-refractivity contribution is 7.89. The Kier molecular flexibility index (Phi) is 3.70. The maximum absolute atomic E-state index is 12.1. The van der Waals surface area contributed by atoms with Crippen LogP contribution in [0.1, 0.15) is 25.7 Å². The van der Waals surface area contributed by atoms with Crippen molar-refractivity contribution in [3.8, 4) is 0 Å². The van der Waals surface area contributed by atoms with Gasteiger partial charge in [-0.05, 0) is 49.9 Å². The van der Waals surface area contributed by atoms with Crippen molar-refractivity contribution in [2.45, 2.75) is 42.7 Å². The number of anilines is 1. The Morgan fingerprint density at radius 3 is 2.50 bits per heavy atom. The molecule has 1 atom stereocenters. The number of nitrogens with zero attached hydrogens (tertiary/aromatic N) is 1. The maximum atomic E-state index is 12.1. The van der Waals surface area contributed by atoms with Crippen LogP contribution in [0.2, 0.25) is 0 Å². The molecule has 5 nitrogen and oxygen atoms in total. The minimum Gasteiger partial charge on any atom is -0.394 e. The number of aliphatic hydroxyl groups excluding tert-OH is 1. The van der Waals surface area contributed by atoms with E-state index in [1.54, 1.807) is 12.1 Å². The molecule has 0 amide bonds. The SMILES string of the molecule is O=S(=O)(NC1CC1)c1ccc(N2CCCC2CO)cc1. The summed E-state index contributed by atoms with van der Waals surface area (Å²) in [5.41, 5.74) is 0.979. The largest absolute Gasteiger partial charge is 0.394 e. The molecule has 2 aliphatic rings. The van der Waals surface area contributed by atoms with E-state index in [-0.39, 0.29) is 18.7 Å². The molecule has 6 heteroatoms. The van der Waals surface area contributed by atoms with Crippen LogP contribution in [-0.2, 0) is 10.0 Å². The van der Waals surface area contributed by atoms with Gasteiger partial charge in [0.25, 0.3) is 0 Å². The molecule has 1 aromatic carbocycles. The highest BCUT2D eigenvalue weighted by atomic mass is 32.2. The zero-order valence-electron chi connectivity index (χ0n) is 11.3. The van der Waals surface area contributed by atoms with Crippen molar-refractivity contribution in [2.75, 3.05) is 18.1 Å². The first kappa shape index (κ1) is 13.9. The van der Waals surface area contributed by atoms with Gasteiger partial charge in [0, 0.05) is 18.3 Å². The van der Waals surface area contributed by atoms with E-state index in [0.29, 0.717) is 4.90 Å². The topological polar surface area (TPSA) is 69.6 Å². The molecule has 20 heavy (non-hydrogen) atoms. The van der Waals surface area contributed by atoms with E-state index in [0.717, 1.165) is 37.9 Å². The summed E-state index contributed by atoms with van der Waals surface area (Å²) >= 11 is 0.